The molecular weight excluding hydrogens is 304 g/mol. The number of aliphatic carboxylic acids is 1. The molecular formula is C11H13BrN2O4. The Kier molecular flexibility index (Phi) is 5.60. The minimum absolute atomic E-state index is 0.275. The topological polar surface area (TPSA) is 98.7 Å². The molecule has 1 unspecified atom stereocenters. The van der Waals surface area contributed by atoms with E-state index in [2.05, 4.69) is 26.6 Å². The van der Waals surface area contributed by atoms with E-state index in [-0.39, 0.29) is 6.54 Å². The van der Waals surface area contributed by atoms with Crippen molar-refractivity contribution in [1.29, 1.82) is 0 Å². The van der Waals surface area contributed by atoms with Crippen LogP contribution in [0.2, 0.25) is 0 Å². The van der Waals surface area contributed by atoms with Crippen LogP contribution in [0.1, 0.15) is 5.56 Å². The predicted molar refractivity (Wildman–Crippen MR) is 68.0 cm³/mol. The van der Waals surface area contributed by atoms with Crippen molar-refractivity contribution in [3.05, 3.63) is 34.3 Å². The second-order valence-electron chi connectivity index (χ2n) is 3.53. The van der Waals surface area contributed by atoms with Crippen molar-refractivity contribution in [2.24, 2.45) is 0 Å². The summed E-state index contributed by atoms with van der Waals surface area (Å²) in [5.74, 6) is -1.28. The first-order chi connectivity index (χ1) is 8.52. The molecule has 1 aromatic rings. The fourth-order valence-corrected chi connectivity index (χ4v) is 1.44. The molecule has 0 aromatic heterocycles. The normalized spacial score (nSPS) is 11.7. The first kappa shape index (κ1) is 14.5. The molecule has 18 heavy (non-hydrogen) atoms. The van der Waals surface area contributed by atoms with Gasteiger partial charge in [-0.15, -0.1) is 0 Å². The molecule has 0 bridgehead atoms. The van der Waals surface area contributed by atoms with Gasteiger partial charge in [0.1, 0.15) is 0 Å². The smallest absolute Gasteiger partial charge is 0.328 e. The zero-order valence-corrected chi connectivity index (χ0v) is 11.0. The van der Waals surface area contributed by atoms with Gasteiger partial charge in [-0.1, -0.05) is 28.1 Å². The van der Waals surface area contributed by atoms with Crippen LogP contribution in [-0.2, 0) is 11.3 Å². The Labute approximate surface area is 112 Å². The summed E-state index contributed by atoms with van der Waals surface area (Å²) >= 11 is 3.29. The second-order valence-corrected chi connectivity index (χ2v) is 4.44. The van der Waals surface area contributed by atoms with Gasteiger partial charge in [0.25, 0.3) is 0 Å². The fraction of sp³-hybridized carbons (Fsp3) is 0.273. The molecule has 98 valence electrons. The zero-order chi connectivity index (χ0) is 13.5. The number of hydrogen-bond acceptors (Lipinski definition) is 3. The SMILES string of the molecule is O=C(NCc1ccc(Br)cc1)NC(CO)C(=O)O. The minimum atomic E-state index is -1.30. The predicted octanol–water partition coefficient (Wildman–Crippen LogP) is 0.694. The summed E-state index contributed by atoms with van der Waals surface area (Å²) < 4.78 is 0.932. The highest BCUT2D eigenvalue weighted by molar-refractivity contribution is 9.10. The molecule has 6 nitrogen and oxygen atoms in total. The van der Waals surface area contributed by atoms with Crippen LogP contribution in [0.15, 0.2) is 28.7 Å². The number of carboxylic acid groups (broad SMARTS) is 1. The van der Waals surface area contributed by atoms with Gasteiger partial charge in [0, 0.05) is 11.0 Å². The number of amides is 2. The Balaban J connectivity index is 2.41. The lowest BCUT2D eigenvalue weighted by Crippen LogP contribution is -2.47. The number of urea groups is 1. The number of benzene rings is 1. The van der Waals surface area contributed by atoms with Gasteiger partial charge in [-0.25, -0.2) is 9.59 Å². The van der Waals surface area contributed by atoms with Crippen LogP contribution in [0.4, 0.5) is 4.79 Å². The third kappa shape index (κ3) is 4.72. The first-order valence-electron chi connectivity index (χ1n) is 5.15. The molecule has 4 N–H and O–H groups in total. The van der Waals surface area contributed by atoms with Gasteiger partial charge >= 0.3 is 12.0 Å². The van der Waals surface area contributed by atoms with Gasteiger partial charge in [-0.3, -0.25) is 0 Å². The lowest BCUT2D eigenvalue weighted by molar-refractivity contribution is -0.140. The molecule has 0 fully saturated rings. The van der Waals surface area contributed by atoms with Crippen LogP contribution >= 0.6 is 15.9 Å². The number of rotatable bonds is 5. The maximum absolute atomic E-state index is 11.4. The maximum Gasteiger partial charge on any atom is 0.328 e. The van der Waals surface area contributed by atoms with Crippen molar-refractivity contribution in [2.45, 2.75) is 12.6 Å². The third-order valence-corrected chi connectivity index (χ3v) is 2.68. The number of aliphatic hydroxyl groups is 1. The summed E-state index contributed by atoms with van der Waals surface area (Å²) in [7, 11) is 0. The van der Waals surface area contributed by atoms with Crippen LogP contribution in [0.5, 0.6) is 0 Å². The number of carbonyl (C=O) groups is 2. The largest absolute Gasteiger partial charge is 0.480 e. The Morgan fingerprint density at radius 1 is 1.28 bits per heavy atom. The van der Waals surface area contributed by atoms with Crippen molar-refractivity contribution in [2.75, 3.05) is 6.61 Å². The average molecular weight is 317 g/mol. The van der Waals surface area contributed by atoms with E-state index in [4.69, 9.17) is 10.2 Å². The van der Waals surface area contributed by atoms with E-state index in [0.717, 1.165) is 10.0 Å². The standard InChI is InChI=1S/C11H13BrN2O4/c12-8-3-1-7(2-4-8)5-13-11(18)14-9(6-15)10(16)17/h1-4,9,15H,5-6H2,(H,16,17)(H2,13,14,18). The Hall–Kier alpha value is -1.60. The van der Waals surface area contributed by atoms with Gasteiger partial charge < -0.3 is 20.8 Å². The summed E-state index contributed by atoms with van der Waals surface area (Å²) in [5, 5.41) is 22.0. The van der Waals surface area contributed by atoms with E-state index in [1.165, 1.54) is 0 Å². The molecule has 1 rings (SSSR count). The van der Waals surface area contributed by atoms with E-state index < -0.39 is 24.6 Å². The van der Waals surface area contributed by atoms with E-state index in [9.17, 15) is 9.59 Å². The number of nitrogens with one attached hydrogen (secondary N) is 2. The number of halogens is 1. The van der Waals surface area contributed by atoms with Crippen molar-refractivity contribution < 1.29 is 19.8 Å². The summed E-state index contributed by atoms with van der Waals surface area (Å²) in [6, 6.07) is 5.39. The van der Waals surface area contributed by atoms with Gasteiger partial charge in [0.2, 0.25) is 0 Å². The van der Waals surface area contributed by atoms with Gasteiger partial charge in [0.15, 0.2) is 6.04 Å². The lowest BCUT2D eigenvalue weighted by Gasteiger charge is -2.12. The van der Waals surface area contributed by atoms with Gasteiger partial charge in [-0.05, 0) is 17.7 Å². The highest BCUT2D eigenvalue weighted by Crippen LogP contribution is 2.10. The molecule has 0 radical (unpaired) electrons. The number of hydrogen-bond donors (Lipinski definition) is 4. The molecule has 0 aliphatic rings. The van der Waals surface area contributed by atoms with Crippen molar-refractivity contribution in [3.63, 3.8) is 0 Å². The highest BCUT2D eigenvalue weighted by atomic mass is 79.9. The van der Waals surface area contributed by atoms with E-state index in [1.54, 1.807) is 0 Å². The molecule has 1 aromatic carbocycles. The lowest BCUT2D eigenvalue weighted by atomic mass is 10.2. The van der Waals surface area contributed by atoms with Crippen LogP contribution in [0.25, 0.3) is 0 Å². The fourth-order valence-electron chi connectivity index (χ4n) is 1.18. The molecule has 0 spiro atoms. The summed E-state index contributed by atoms with van der Waals surface area (Å²) in [6.07, 6.45) is 0. The Morgan fingerprint density at radius 2 is 1.89 bits per heavy atom. The summed E-state index contributed by atoms with van der Waals surface area (Å²) in [6.45, 7) is -0.377. The Morgan fingerprint density at radius 3 is 2.39 bits per heavy atom. The van der Waals surface area contributed by atoms with E-state index >= 15 is 0 Å². The van der Waals surface area contributed by atoms with Crippen LogP contribution in [-0.4, -0.2) is 34.9 Å². The summed E-state index contributed by atoms with van der Waals surface area (Å²) in [5.41, 5.74) is 0.879. The van der Waals surface area contributed by atoms with Crippen LogP contribution in [0, 0.1) is 0 Å². The molecule has 0 saturated heterocycles. The zero-order valence-electron chi connectivity index (χ0n) is 9.39. The first-order valence-corrected chi connectivity index (χ1v) is 5.94. The molecule has 0 aliphatic carbocycles. The van der Waals surface area contributed by atoms with Crippen LogP contribution < -0.4 is 10.6 Å². The van der Waals surface area contributed by atoms with Crippen molar-refractivity contribution in [1.82, 2.24) is 10.6 Å². The summed E-state index contributed by atoms with van der Waals surface area (Å²) in [4.78, 5) is 21.9. The van der Waals surface area contributed by atoms with Crippen molar-refractivity contribution in [3.8, 4) is 0 Å². The molecule has 0 heterocycles. The average Bonchev–Trinajstić information content (AvgIpc) is 2.35. The molecule has 1 atom stereocenters. The maximum atomic E-state index is 11.4. The third-order valence-electron chi connectivity index (χ3n) is 2.15. The number of aliphatic hydroxyl groups excluding tert-OH is 1. The van der Waals surface area contributed by atoms with E-state index in [0.29, 0.717) is 0 Å². The molecule has 0 saturated carbocycles. The number of carbonyl (C=O) groups excluding carboxylic acids is 1. The second kappa shape index (κ2) is 6.97. The number of carboxylic acids is 1. The molecule has 0 aliphatic heterocycles. The highest BCUT2D eigenvalue weighted by Gasteiger charge is 2.18. The molecule has 2 amide bonds. The van der Waals surface area contributed by atoms with Gasteiger partial charge in [-0.2, -0.15) is 0 Å². The van der Waals surface area contributed by atoms with Crippen molar-refractivity contribution >= 4 is 27.9 Å². The monoisotopic (exact) mass is 316 g/mol. The molecule has 7 heteroatoms. The minimum Gasteiger partial charge on any atom is -0.480 e. The van der Waals surface area contributed by atoms with Crippen LogP contribution in [0.3, 0.4) is 0 Å². The Bertz CT molecular complexity index is 422. The van der Waals surface area contributed by atoms with Gasteiger partial charge in [0.05, 0.1) is 6.61 Å². The van der Waals surface area contributed by atoms with E-state index in [1.807, 2.05) is 24.3 Å². The quantitative estimate of drug-likeness (QED) is 0.642.